The summed E-state index contributed by atoms with van der Waals surface area (Å²) in [4.78, 5) is 2.68. The second-order valence-corrected chi connectivity index (χ2v) is 5.59. The maximum Gasteiger partial charge on any atom is 0.0589 e. The van der Waals surface area contributed by atoms with Gasteiger partial charge in [-0.2, -0.15) is 0 Å². The van der Waals surface area contributed by atoms with Gasteiger partial charge in [-0.25, -0.2) is 0 Å². The maximum atomic E-state index is 5.27. The molecule has 1 saturated heterocycles. The summed E-state index contributed by atoms with van der Waals surface area (Å²) in [5.74, 6) is 0.971. The Morgan fingerprint density at radius 3 is 2.71 bits per heavy atom. The third-order valence-electron chi connectivity index (χ3n) is 4.25. The van der Waals surface area contributed by atoms with E-state index in [1.54, 1.807) is 0 Å². The molecule has 2 rings (SSSR count). The van der Waals surface area contributed by atoms with Crippen molar-refractivity contribution in [1.82, 2.24) is 10.2 Å². The molecule has 0 amide bonds. The third-order valence-corrected chi connectivity index (χ3v) is 4.25. The molecule has 0 spiro atoms. The Labute approximate surface area is 106 Å². The Balaban J connectivity index is 1.85. The van der Waals surface area contributed by atoms with Gasteiger partial charge in [0, 0.05) is 32.3 Å². The van der Waals surface area contributed by atoms with Gasteiger partial charge in [-0.1, -0.05) is 6.92 Å². The van der Waals surface area contributed by atoms with E-state index in [2.05, 4.69) is 17.1 Å². The van der Waals surface area contributed by atoms with Gasteiger partial charge in [-0.05, 0) is 44.6 Å². The third kappa shape index (κ3) is 3.94. The zero-order valence-corrected chi connectivity index (χ0v) is 11.5. The molecule has 100 valence electrons. The van der Waals surface area contributed by atoms with E-state index in [1.165, 1.54) is 45.2 Å². The largest absolute Gasteiger partial charge is 0.383 e. The summed E-state index contributed by atoms with van der Waals surface area (Å²) in [6, 6.07) is 1.52. The molecule has 17 heavy (non-hydrogen) atoms. The smallest absolute Gasteiger partial charge is 0.0589 e. The lowest BCUT2D eigenvalue weighted by Gasteiger charge is -2.33. The summed E-state index contributed by atoms with van der Waals surface area (Å²) >= 11 is 0. The fourth-order valence-electron chi connectivity index (χ4n) is 3.17. The van der Waals surface area contributed by atoms with Crippen LogP contribution in [-0.2, 0) is 4.74 Å². The molecule has 1 N–H and O–H groups in total. The quantitative estimate of drug-likeness (QED) is 0.701. The van der Waals surface area contributed by atoms with Crippen molar-refractivity contribution in [2.45, 2.75) is 51.1 Å². The van der Waals surface area contributed by atoms with E-state index in [0.717, 1.165) is 31.2 Å². The molecule has 2 fully saturated rings. The van der Waals surface area contributed by atoms with Crippen LogP contribution in [0.2, 0.25) is 0 Å². The first-order valence-electron chi connectivity index (χ1n) is 7.31. The van der Waals surface area contributed by atoms with Crippen LogP contribution in [0, 0.1) is 5.92 Å². The van der Waals surface area contributed by atoms with E-state index in [9.17, 15) is 0 Å². The number of hydrogen-bond donors (Lipinski definition) is 1. The highest BCUT2D eigenvalue weighted by Gasteiger charge is 2.34. The average Bonchev–Trinajstić information content (AvgIpc) is 3.04. The molecule has 1 saturated carbocycles. The summed E-state index contributed by atoms with van der Waals surface area (Å²) < 4.78 is 5.27. The number of rotatable bonds is 8. The molecular weight excluding hydrogens is 212 g/mol. The molecule has 0 bridgehead atoms. The predicted molar refractivity (Wildman–Crippen MR) is 71.3 cm³/mol. The molecule has 0 radical (unpaired) electrons. The van der Waals surface area contributed by atoms with Gasteiger partial charge in [-0.3, -0.25) is 4.90 Å². The summed E-state index contributed by atoms with van der Waals surface area (Å²) in [5.41, 5.74) is 0. The first kappa shape index (κ1) is 13.3. The van der Waals surface area contributed by atoms with Crippen LogP contribution < -0.4 is 5.32 Å². The average molecular weight is 240 g/mol. The van der Waals surface area contributed by atoms with Gasteiger partial charge in [0.05, 0.1) is 6.61 Å². The van der Waals surface area contributed by atoms with Gasteiger partial charge in [0.25, 0.3) is 0 Å². The van der Waals surface area contributed by atoms with Crippen molar-refractivity contribution >= 4 is 0 Å². The van der Waals surface area contributed by atoms with Crippen molar-refractivity contribution in [2.24, 2.45) is 5.92 Å². The number of nitrogens with one attached hydrogen (secondary N) is 1. The standard InChI is InChI=1S/C14H28N2O/c1-3-14(12-6-7-12)16(9-10-17-2)11-13-5-4-8-15-13/h12-15H,3-11H2,1-2H3. The van der Waals surface area contributed by atoms with Crippen LogP contribution in [0.15, 0.2) is 0 Å². The highest BCUT2D eigenvalue weighted by molar-refractivity contribution is 4.89. The lowest BCUT2D eigenvalue weighted by atomic mass is 10.1. The van der Waals surface area contributed by atoms with Gasteiger partial charge in [0.1, 0.15) is 0 Å². The van der Waals surface area contributed by atoms with Crippen LogP contribution in [0.25, 0.3) is 0 Å². The van der Waals surface area contributed by atoms with E-state index in [4.69, 9.17) is 4.74 Å². The van der Waals surface area contributed by atoms with Crippen molar-refractivity contribution in [3.8, 4) is 0 Å². The van der Waals surface area contributed by atoms with Crippen molar-refractivity contribution < 1.29 is 4.74 Å². The minimum Gasteiger partial charge on any atom is -0.383 e. The molecule has 2 atom stereocenters. The van der Waals surface area contributed by atoms with E-state index in [1.807, 2.05) is 7.11 Å². The Morgan fingerprint density at radius 1 is 1.35 bits per heavy atom. The minimum absolute atomic E-state index is 0.722. The molecule has 1 aliphatic carbocycles. The number of hydrogen-bond acceptors (Lipinski definition) is 3. The van der Waals surface area contributed by atoms with Crippen molar-refractivity contribution in [1.29, 1.82) is 0 Å². The highest BCUT2D eigenvalue weighted by Crippen LogP contribution is 2.37. The van der Waals surface area contributed by atoms with Gasteiger partial charge in [0.2, 0.25) is 0 Å². The molecular formula is C14H28N2O. The summed E-state index contributed by atoms with van der Waals surface area (Å²) in [5, 5.41) is 3.62. The Kier molecular flexibility index (Phi) is 5.26. The Bertz CT molecular complexity index is 212. The normalized spacial score (nSPS) is 26.6. The second-order valence-electron chi connectivity index (χ2n) is 5.59. The molecule has 2 unspecified atom stereocenters. The highest BCUT2D eigenvalue weighted by atomic mass is 16.5. The zero-order valence-electron chi connectivity index (χ0n) is 11.5. The molecule has 0 aromatic rings. The fraction of sp³-hybridized carbons (Fsp3) is 1.00. The molecule has 0 aromatic carbocycles. The van der Waals surface area contributed by atoms with Gasteiger partial charge >= 0.3 is 0 Å². The number of ether oxygens (including phenoxy) is 1. The van der Waals surface area contributed by atoms with Gasteiger partial charge in [-0.15, -0.1) is 0 Å². The van der Waals surface area contributed by atoms with E-state index >= 15 is 0 Å². The maximum absolute atomic E-state index is 5.27. The van der Waals surface area contributed by atoms with Crippen LogP contribution in [0.1, 0.15) is 39.0 Å². The summed E-state index contributed by atoms with van der Waals surface area (Å²) in [7, 11) is 1.81. The first-order chi connectivity index (χ1) is 8.35. The summed E-state index contributed by atoms with van der Waals surface area (Å²) in [6.45, 7) is 6.74. The fourth-order valence-corrected chi connectivity index (χ4v) is 3.17. The first-order valence-corrected chi connectivity index (χ1v) is 7.31. The van der Waals surface area contributed by atoms with Crippen LogP contribution in [0.5, 0.6) is 0 Å². The van der Waals surface area contributed by atoms with E-state index in [0.29, 0.717) is 0 Å². The molecule has 2 aliphatic rings. The van der Waals surface area contributed by atoms with Gasteiger partial charge in [0.15, 0.2) is 0 Å². The molecule has 3 nitrogen and oxygen atoms in total. The molecule has 3 heteroatoms. The summed E-state index contributed by atoms with van der Waals surface area (Å²) in [6.07, 6.45) is 6.88. The van der Waals surface area contributed by atoms with Crippen molar-refractivity contribution in [3.63, 3.8) is 0 Å². The topological polar surface area (TPSA) is 24.5 Å². The molecule has 0 aromatic heterocycles. The lowest BCUT2D eigenvalue weighted by molar-refractivity contribution is 0.101. The number of methoxy groups -OCH3 is 1. The van der Waals surface area contributed by atoms with E-state index < -0.39 is 0 Å². The zero-order chi connectivity index (χ0) is 12.1. The van der Waals surface area contributed by atoms with Crippen LogP contribution in [0.4, 0.5) is 0 Å². The second kappa shape index (κ2) is 6.72. The monoisotopic (exact) mass is 240 g/mol. The van der Waals surface area contributed by atoms with Crippen LogP contribution in [0.3, 0.4) is 0 Å². The predicted octanol–water partition coefficient (Wildman–Crippen LogP) is 1.88. The minimum atomic E-state index is 0.722. The van der Waals surface area contributed by atoms with E-state index in [-0.39, 0.29) is 0 Å². The van der Waals surface area contributed by atoms with Crippen molar-refractivity contribution in [3.05, 3.63) is 0 Å². The van der Waals surface area contributed by atoms with Crippen molar-refractivity contribution in [2.75, 3.05) is 33.4 Å². The Hall–Kier alpha value is -0.120. The molecule has 1 aliphatic heterocycles. The van der Waals surface area contributed by atoms with Crippen LogP contribution in [-0.4, -0.2) is 50.3 Å². The Morgan fingerprint density at radius 2 is 2.18 bits per heavy atom. The van der Waals surface area contributed by atoms with Gasteiger partial charge < -0.3 is 10.1 Å². The van der Waals surface area contributed by atoms with Crippen LogP contribution >= 0.6 is 0 Å². The number of nitrogens with zero attached hydrogens (tertiary/aromatic N) is 1. The molecule has 1 heterocycles. The SMILES string of the molecule is CCC(C1CC1)N(CCOC)CC1CCCN1. The lowest BCUT2D eigenvalue weighted by Crippen LogP contribution is -2.45.